The largest absolute Gasteiger partial charge is 0.486 e. The first-order chi connectivity index (χ1) is 11.6. The molecule has 0 bridgehead atoms. The number of anilines is 1. The molecule has 1 N–H and O–H groups in total. The van der Waals surface area contributed by atoms with E-state index in [2.05, 4.69) is 10.3 Å². The molecule has 0 saturated carbocycles. The molecular weight excluding hydrogens is 334 g/mol. The van der Waals surface area contributed by atoms with Crippen molar-refractivity contribution in [2.45, 2.75) is 6.61 Å². The van der Waals surface area contributed by atoms with Crippen molar-refractivity contribution >= 4 is 22.9 Å². The summed E-state index contributed by atoms with van der Waals surface area (Å²) in [6.07, 6.45) is 3.17. The number of carbonyl (C=O) groups is 1. The summed E-state index contributed by atoms with van der Waals surface area (Å²) >= 11 is 1.26. The van der Waals surface area contributed by atoms with E-state index >= 15 is 0 Å². The molecule has 0 aliphatic carbocycles. The number of carbonyl (C=O) groups excluding carboxylic acids is 1. The zero-order valence-electron chi connectivity index (χ0n) is 12.3. The van der Waals surface area contributed by atoms with Crippen LogP contribution in [-0.4, -0.2) is 10.9 Å². The highest BCUT2D eigenvalue weighted by molar-refractivity contribution is 7.12. The molecular formula is C17H12F2N2O2S. The molecule has 2 aromatic heterocycles. The first-order valence-corrected chi connectivity index (χ1v) is 7.86. The average Bonchev–Trinajstić information content (AvgIpc) is 3.04. The Hall–Kier alpha value is -2.80. The van der Waals surface area contributed by atoms with Crippen LogP contribution in [0.4, 0.5) is 14.5 Å². The van der Waals surface area contributed by atoms with Gasteiger partial charge in [-0.3, -0.25) is 9.78 Å². The van der Waals surface area contributed by atoms with Crippen LogP contribution in [0.1, 0.15) is 15.2 Å². The molecule has 0 fully saturated rings. The van der Waals surface area contributed by atoms with Crippen molar-refractivity contribution < 1.29 is 18.3 Å². The Kier molecular flexibility index (Phi) is 4.81. The Morgan fingerprint density at radius 3 is 2.71 bits per heavy atom. The van der Waals surface area contributed by atoms with Crippen LogP contribution in [0, 0.1) is 11.6 Å². The van der Waals surface area contributed by atoms with Gasteiger partial charge in [-0.15, -0.1) is 11.3 Å². The van der Waals surface area contributed by atoms with E-state index in [1.807, 2.05) is 0 Å². The van der Waals surface area contributed by atoms with Crippen LogP contribution < -0.4 is 10.1 Å². The summed E-state index contributed by atoms with van der Waals surface area (Å²) in [6, 6.07) is 8.16. The lowest BCUT2D eigenvalue weighted by molar-refractivity contribution is 0.103. The number of rotatable bonds is 5. The molecule has 7 heteroatoms. The van der Waals surface area contributed by atoms with Crippen molar-refractivity contribution in [2.75, 3.05) is 5.32 Å². The van der Waals surface area contributed by atoms with E-state index in [9.17, 15) is 13.6 Å². The Morgan fingerprint density at radius 1 is 1.17 bits per heavy atom. The Bertz CT molecular complexity index is 853. The number of amides is 1. The Morgan fingerprint density at radius 2 is 1.96 bits per heavy atom. The van der Waals surface area contributed by atoms with Gasteiger partial charge in [0.25, 0.3) is 5.91 Å². The molecule has 1 aromatic carbocycles. The Labute approximate surface area is 140 Å². The second-order valence-electron chi connectivity index (χ2n) is 4.87. The van der Waals surface area contributed by atoms with Crippen LogP contribution in [-0.2, 0) is 6.61 Å². The molecule has 1 amide bonds. The van der Waals surface area contributed by atoms with E-state index in [-0.39, 0.29) is 18.3 Å². The quantitative estimate of drug-likeness (QED) is 0.751. The molecule has 2 heterocycles. The first-order valence-electron chi connectivity index (χ1n) is 6.98. The molecule has 0 unspecified atom stereocenters. The van der Waals surface area contributed by atoms with E-state index in [1.165, 1.54) is 17.4 Å². The van der Waals surface area contributed by atoms with E-state index in [0.29, 0.717) is 10.6 Å². The van der Waals surface area contributed by atoms with Crippen LogP contribution in [0.2, 0.25) is 0 Å². The van der Waals surface area contributed by atoms with E-state index in [1.54, 1.807) is 36.0 Å². The van der Waals surface area contributed by atoms with Crippen LogP contribution in [0.15, 0.2) is 54.2 Å². The molecule has 3 aromatic rings. The number of hydrogen-bond donors (Lipinski definition) is 1. The number of thiophene rings is 1. The molecule has 3 rings (SSSR count). The normalized spacial score (nSPS) is 10.4. The van der Waals surface area contributed by atoms with Gasteiger partial charge in [-0.1, -0.05) is 0 Å². The third kappa shape index (κ3) is 3.94. The molecule has 0 spiro atoms. The predicted molar refractivity (Wildman–Crippen MR) is 87.2 cm³/mol. The summed E-state index contributed by atoms with van der Waals surface area (Å²) in [5.41, 5.74) is 1.37. The van der Waals surface area contributed by atoms with Crippen LogP contribution in [0.25, 0.3) is 0 Å². The molecule has 0 atom stereocenters. The van der Waals surface area contributed by atoms with E-state index < -0.39 is 11.6 Å². The fourth-order valence-electron chi connectivity index (χ4n) is 1.95. The highest BCUT2D eigenvalue weighted by Crippen LogP contribution is 2.21. The maximum Gasteiger partial charge on any atom is 0.265 e. The van der Waals surface area contributed by atoms with Gasteiger partial charge in [-0.2, -0.15) is 0 Å². The standard InChI is InChI=1S/C17H12F2N2O2S/c18-12-1-2-15(14(19)8-12)23-9-11-7-16(24-10-11)17(22)21-13-3-5-20-6-4-13/h1-8,10H,9H2,(H,20,21,22). The predicted octanol–water partition coefficient (Wildman–Crippen LogP) is 4.25. The second kappa shape index (κ2) is 7.18. The monoisotopic (exact) mass is 346 g/mol. The van der Waals surface area contributed by atoms with Gasteiger partial charge in [0.15, 0.2) is 11.6 Å². The molecule has 0 aliphatic rings. The Balaban J connectivity index is 1.62. The average molecular weight is 346 g/mol. The first kappa shape index (κ1) is 16.1. The van der Waals surface area contributed by atoms with Crippen LogP contribution >= 0.6 is 11.3 Å². The fourth-order valence-corrected chi connectivity index (χ4v) is 2.74. The number of pyridine rings is 1. The lowest BCUT2D eigenvalue weighted by Crippen LogP contribution is -2.10. The number of nitrogens with zero attached hydrogens (tertiary/aromatic N) is 1. The van der Waals surface area contributed by atoms with Gasteiger partial charge in [-0.25, -0.2) is 8.78 Å². The highest BCUT2D eigenvalue weighted by Gasteiger charge is 2.11. The highest BCUT2D eigenvalue weighted by atomic mass is 32.1. The zero-order chi connectivity index (χ0) is 16.9. The van der Waals surface area contributed by atoms with Gasteiger partial charge < -0.3 is 10.1 Å². The molecule has 0 saturated heterocycles. The van der Waals surface area contributed by atoms with Crippen molar-refractivity contribution in [1.29, 1.82) is 0 Å². The molecule has 4 nitrogen and oxygen atoms in total. The number of nitrogens with one attached hydrogen (secondary N) is 1. The number of hydrogen-bond acceptors (Lipinski definition) is 4. The third-order valence-electron chi connectivity index (χ3n) is 3.10. The summed E-state index contributed by atoms with van der Waals surface area (Å²) in [7, 11) is 0. The third-order valence-corrected chi connectivity index (χ3v) is 4.08. The van der Waals surface area contributed by atoms with E-state index in [4.69, 9.17) is 4.74 Å². The van der Waals surface area contributed by atoms with Crippen molar-refractivity contribution in [1.82, 2.24) is 4.98 Å². The van der Waals surface area contributed by atoms with Crippen molar-refractivity contribution in [3.05, 3.63) is 76.2 Å². The van der Waals surface area contributed by atoms with Gasteiger partial charge in [0.05, 0.1) is 4.88 Å². The van der Waals surface area contributed by atoms with Gasteiger partial charge in [0.1, 0.15) is 12.4 Å². The maximum absolute atomic E-state index is 13.5. The maximum atomic E-state index is 13.5. The topological polar surface area (TPSA) is 51.2 Å². The molecule has 0 radical (unpaired) electrons. The molecule has 0 aliphatic heterocycles. The summed E-state index contributed by atoms with van der Waals surface area (Å²) < 4.78 is 31.7. The lowest BCUT2D eigenvalue weighted by Gasteiger charge is -2.05. The number of ether oxygens (including phenoxy) is 1. The van der Waals surface area contributed by atoms with Gasteiger partial charge in [0.2, 0.25) is 0 Å². The minimum Gasteiger partial charge on any atom is -0.486 e. The number of halogens is 2. The van der Waals surface area contributed by atoms with Gasteiger partial charge >= 0.3 is 0 Å². The van der Waals surface area contributed by atoms with Crippen LogP contribution in [0.3, 0.4) is 0 Å². The van der Waals surface area contributed by atoms with Gasteiger partial charge in [-0.05, 0) is 35.7 Å². The molecule has 24 heavy (non-hydrogen) atoms. The summed E-state index contributed by atoms with van der Waals surface area (Å²) in [5, 5.41) is 4.50. The smallest absolute Gasteiger partial charge is 0.265 e. The number of benzene rings is 1. The van der Waals surface area contributed by atoms with Crippen LogP contribution in [0.5, 0.6) is 5.75 Å². The van der Waals surface area contributed by atoms with Crippen molar-refractivity contribution in [3.8, 4) is 5.75 Å². The minimum atomic E-state index is -0.763. The lowest BCUT2D eigenvalue weighted by atomic mass is 10.3. The summed E-state index contributed by atoms with van der Waals surface area (Å²) in [6.45, 7) is 0.0849. The van der Waals surface area contributed by atoms with Crippen molar-refractivity contribution in [3.63, 3.8) is 0 Å². The number of aromatic nitrogens is 1. The van der Waals surface area contributed by atoms with Gasteiger partial charge in [0, 0.05) is 29.7 Å². The molecule has 122 valence electrons. The zero-order valence-corrected chi connectivity index (χ0v) is 13.1. The van der Waals surface area contributed by atoms with Crippen molar-refractivity contribution in [2.24, 2.45) is 0 Å². The second-order valence-corrected chi connectivity index (χ2v) is 5.78. The summed E-state index contributed by atoms with van der Waals surface area (Å²) in [5.74, 6) is -1.71. The minimum absolute atomic E-state index is 0.0367. The fraction of sp³-hybridized carbons (Fsp3) is 0.0588. The van der Waals surface area contributed by atoms with E-state index in [0.717, 1.165) is 17.7 Å². The SMILES string of the molecule is O=C(Nc1ccncc1)c1cc(COc2ccc(F)cc2F)cs1. The summed E-state index contributed by atoms with van der Waals surface area (Å²) in [4.78, 5) is 16.5.